The Kier molecular flexibility index (Phi) is 6.54. The lowest BCUT2D eigenvalue weighted by molar-refractivity contribution is -0.125. The Hall–Kier alpha value is -3.87. The van der Waals surface area contributed by atoms with E-state index in [4.69, 9.17) is 20.2 Å². The van der Waals surface area contributed by atoms with Crippen LogP contribution in [-0.4, -0.2) is 29.7 Å². The number of carbonyl (C=O) groups is 1. The molecule has 1 heterocycles. The van der Waals surface area contributed by atoms with Crippen LogP contribution in [0.25, 0.3) is 22.4 Å². The van der Waals surface area contributed by atoms with Gasteiger partial charge in [-0.2, -0.15) is 0 Å². The van der Waals surface area contributed by atoms with Crippen molar-refractivity contribution in [3.8, 4) is 22.9 Å². The number of fused-ring (bicyclic) bond motifs is 1. The van der Waals surface area contributed by atoms with Gasteiger partial charge in [0.05, 0.1) is 30.8 Å². The normalized spacial score (nSPS) is 12.9. The van der Waals surface area contributed by atoms with Crippen LogP contribution in [0.4, 0.5) is 4.39 Å². The van der Waals surface area contributed by atoms with Gasteiger partial charge in [-0.15, -0.1) is 0 Å². The number of amides is 1. The van der Waals surface area contributed by atoms with Gasteiger partial charge in [-0.3, -0.25) is 4.79 Å². The van der Waals surface area contributed by atoms with Gasteiger partial charge in [-0.1, -0.05) is 56.2 Å². The van der Waals surface area contributed by atoms with E-state index in [0.717, 1.165) is 6.42 Å². The Bertz CT molecular complexity index is 1330. The fraction of sp³-hybridized carbons (Fsp3) is 0.259. The molecule has 0 radical (unpaired) electrons. The van der Waals surface area contributed by atoms with E-state index in [1.54, 1.807) is 43.1 Å². The third-order valence-corrected chi connectivity index (χ3v) is 6.21. The lowest BCUT2D eigenvalue weighted by atomic mass is 9.82. The van der Waals surface area contributed by atoms with E-state index in [1.807, 2.05) is 43.3 Å². The summed E-state index contributed by atoms with van der Waals surface area (Å²) in [5, 5.41) is 0. The number of hydrogen-bond acceptors (Lipinski definition) is 4. The van der Waals surface area contributed by atoms with Crippen molar-refractivity contribution >= 4 is 16.9 Å². The van der Waals surface area contributed by atoms with Gasteiger partial charge in [0, 0.05) is 5.56 Å². The van der Waals surface area contributed by atoms with Crippen LogP contribution >= 0.6 is 0 Å². The molecule has 0 aliphatic rings. The second-order valence-electron chi connectivity index (χ2n) is 8.11. The van der Waals surface area contributed by atoms with Crippen LogP contribution in [0.15, 0.2) is 66.7 Å². The third kappa shape index (κ3) is 3.67. The average Bonchev–Trinajstić information content (AvgIpc) is 3.24. The minimum Gasteiger partial charge on any atom is -0.493 e. The van der Waals surface area contributed by atoms with Crippen molar-refractivity contribution in [1.29, 1.82) is 0 Å². The number of ether oxygens (including phenoxy) is 2. The third-order valence-electron chi connectivity index (χ3n) is 6.21. The minimum absolute atomic E-state index is 0.210. The van der Waals surface area contributed by atoms with Crippen molar-refractivity contribution in [3.05, 3.63) is 78.1 Å². The smallest absolute Gasteiger partial charge is 0.248 e. The maximum atomic E-state index is 15.4. The zero-order valence-corrected chi connectivity index (χ0v) is 19.5. The molecule has 0 aliphatic heterocycles. The van der Waals surface area contributed by atoms with Gasteiger partial charge in [0.25, 0.3) is 0 Å². The first-order chi connectivity index (χ1) is 16.5. The quantitative estimate of drug-likeness (QED) is 0.368. The minimum atomic E-state index is -1.51. The zero-order valence-electron chi connectivity index (χ0n) is 19.5. The zero-order chi connectivity index (χ0) is 24.3. The summed E-state index contributed by atoms with van der Waals surface area (Å²) in [4.78, 5) is 18.3. The molecule has 3 aromatic carbocycles. The Balaban J connectivity index is 2.18. The van der Waals surface area contributed by atoms with E-state index in [9.17, 15) is 4.79 Å². The van der Waals surface area contributed by atoms with E-state index < -0.39 is 17.3 Å². The van der Waals surface area contributed by atoms with Crippen LogP contribution in [0.2, 0.25) is 0 Å². The van der Waals surface area contributed by atoms with Crippen molar-refractivity contribution in [2.45, 2.75) is 31.7 Å². The van der Waals surface area contributed by atoms with Crippen molar-refractivity contribution < 1.29 is 18.7 Å². The molecule has 34 heavy (non-hydrogen) atoms. The van der Waals surface area contributed by atoms with Crippen molar-refractivity contribution in [2.75, 3.05) is 14.2 Å². The molecule has 0 saturated heterocycles. The van der Waals surface area contributed by atoms with Crippen LogP contribution in [0.3, 0.4) is 0 Å². The van der Waals surface area contributed by atoms with Crippen molar-refractivity contribution in [2.24, 2.45) is 5.73 Å². The number of rotatable bonds is 9. The first-order valence-corrected chi connectivity index (χ1v) is 11.2. The van der Waals surface area contributed by atoms with Gasteiger partial charge in [0.15, 0.2) is 17.0 Å². The topological polar surface area (TPSA) is 79.4 Å². The first kappa shape index (κ1) is 23.3. The van der Waals surface area contributed by atoms with E-state index in [2.05, 4.69) is 0 Å². The second-order valence-corrected chi connectivity index (χ2v) is 8.11. The van der Waals surface area contributed by atoms with Crippen LogP contribution in [0.5, 0.6) is 11.5 Å². The molecule has 0 bridgehead atoms. The highest BCUT2D eigenvalue weighted by molar-refractivity contribution is 5.92. The maximum absolute atomic E-state index is 15.4. The molecule has 0 spiro atoms. The number of methoxy groups -OCH3 is 2. The number of nitrogens with two attached hydrogens (primary N) is 1. The molecule has 4 aromatic rings. The number of unbranched alkanes of at least 4 members (excludes halogenated alkanes) is 1. The predicted molar refractivity (Wildman–Crippen MR) is 130 cm³/mol. The Labute approximate surface area is 198 Å². The highest BCUT2D eigenvalue weighted by Crippen LogP contribution is 2.44. The Morgan fingerprint density at radius 1 is 1.03 bits per heavy atom. The summed E-state index contributed by atoms with van der Waals surface area (Å²) in [7, 11) is 3.10. The van der Waals surface area contributed by atoms with Crippen molar-refractivity contribution in [3.63, 3.8) is 0 Å². The molecule has 176 valence electrons. The fourth-order valence-electron chi connectivity index (χ4n) is 4.62. The number of para-hydroxylation sites is 3. The van der Waals surface area contributed by atoms with Gasteiger partial charge in [-0.25, -0.2) is 9.37 Å². The molecule has 1 atom stereocenters. The van der Waals surface area contributed by atoms with Crippen LogP contribution in [0.1, 0.15) is 31.7 Å². The van der Waals surface area contributed by atoms with Crippen molar-refractivity contribution in [1.82, 2.24) is 9.55 Å². The molecule has 2 N–H and O–H groups in total. The van der Waals surface area contributed by atoms with Crippen LogP contribution < -0.4 is 15.2 Å². The first-order valence-electron chi connectivity index (χ1n) is 11.2. The molecular weight excluding hydrogens is 433 g/mol. The lowest BCUT2D eigenvalue weighted by Gasteiger charge is -2.35. The second kappa shape index (κ2) is 9.55. The maximum Gasteiger partial charge on any atom is 0.248 e. The van der Waals surface area contributed by atoms with E-state index >= 15 is 4.39 Å². The summed E-state index contributed by atoms with van der Waals surface area (Å²) >= 11 is 0. The monoisotopic (exact) mass is 461 g/mol. The number of halogens is 1. The van der Waals surface area contributed by atoms with E-state index in [0.29, 0.717) is 46.8 Å². The van der Waals surface area contributed by atoms with Gasteiger partial charge in [0.2, 0.25) is 5.91 Å². The molecule has 1 aromatic heterocycles. The number of imidazole rings is 1. The number of aromatic nitrogens is 2. The molecule has 0 saturated carbocycles. The van der Waals surface area contributed by atoms with E-state index in [-0.39, 0.29) is 5.56 Å². The molecule has 7 heteroatoms. The molecule has 0 aliphatic carbocycles. The standard InChI is InChI=1S/C27H28FN3O3/c1-4-5-17-27(26(29)32,19-12-6-7-13-20(19)28)31-22-15-9-8-14-21(22)30-25(31)18-11-10-16-23(33-2)24(18)34-3/h6-16H,4-5,17H2,1-3H3,(H2,29,32). The van der Waals surface area contributed by atoms with Crippen LogP contribution in [-0.2, 0) is 10.3 Å². The molecule has 1 unspecified atom stereocenters. The van der Waals surface area contributed by atoms with E-state index in [1.165, 1.54) is 6.07 Å². The van der Waals surface area contributed by atoms with Gasteiger partial charge >= 0.3 is 0 Å². The summed E-state index contributed by atoms with van der Waals surface area (Å²) in [6.45, 7) is 2.02. The van der Waals surface area contributed by atoms with Gasteiger partial charge < -0.3 is 19.8 Å². The fourth-order valence-corrected chi connectivity index (χ4v) is 4.62. The summed E-state index contributed by atoms with van der Waals surface area (Å²) in [6.07, 6.45) is 1.76. The predicted octanol–water partition coefficient (Wildman–Crippen LogP) is 5.28. The number of carbonyl (C=O) groups excluding carboxylic acids is 1. The SMILES string of the molecule is CCCCC(C(N)=O)(c1ccccc1F)n1c(-c2cccc(OC)c2OC)nc2ccccc21. The molecule has 6 nitrogen and oxygen atoms in total. The molecule has 4 rings (SSSR count). The molecular formula is C27H28FN3O3. The highest BCUT2D eigenvalue weighted by Gasteiger charge is 2.45. The van der Waals surface area contributed by atoms with Gasteiger partial charge in [0.1, 0.15) is 11.6 Å². The lowest BCUT2D eigenvalue weighted by Crippen LogP contribution is -2.48. The Morgan fingerprint density at radius 3 is 2.44 bits per heavy atom. The summed E-state index contributed by atoms with van der Waals surface area (Å²) in [6, 6.07) is 19.2. The number of hydrogen-bond donors (Lipinski definition) is 1. The average molecular weight is 462 g/mol. The van der Waals surface area contributed by atoms with Gasteiger partial charge in [-0.05, 0) is 36.8 Å². The Morgan fingerprint density at radius 2 is 1.76 bits per heavy atom. The largest absolute Gasteiger partial charge is 0.493 e. The molecule has 0 fully saturated rings. The molecule has 1 amide bonds. The summed E-state index contributed by atoms with van der Waals surface area (Å²) in [5.74, 6) is 0.262. The summed E-state index contributed by atoms with van der Waals surface area (Å²) < 4.78 is 28.3. The summed E-state index contributed by atoms with van der Waals surface area (Å²) in [5.41, 5.74) is 6.79. The van der Waals surface area contributed by atoms with Crippen LogP contribution in [0, 0.1) is 5.82 Å². The number of benzene rings is 3. The number of primary amides is 1. The number of nitrogens with zero attached hydrogens (tertiary/aromatic N) is 2. The highest BCUT2D eigenvalue weighted by atomic mass is 19.1.